The molecule has 0 amide bonds. The van der Waals surface area contributed by atoms with E-state index in [4.69, 9.17) is 14.2 Å². The minimum atomic E-state index is -0.773. The Morgan fingerprint density at radius 3 is 0.847 bits per heavy atom. The van der Waals surface area contributed by atoms with E-state index in [-0.39, 0.29) is 31.1 Å². The average molecular weight is 1010 g/mol. The smallest absolute Gasteiger partial charge is 0.306 e. The molecule has 0 aliphatic carbocycles. The van der Waals surface area contributed by atoms with E-state index in [0.29, 0.717) is 19.3 Å². The highest BCUT2D eigenvalue weighted by molar-refractivity contribution is 5.71. The maximum atomic E-state index is 12.8. The zero-order valence-corrected chi connectivity index (χ0v) is 48.2. The first-order chi connectivity index (χ1) is 35.5. The molecule has 0 aliphatic heterocycles. The monoisotopic (exact) mass is 1010 g/mol. The molecule has 0 aromatic carbocycles. The molecule has 0 aromatic rings. The van der Waals surface area contributed by atoms with Crippen LogP contribution in [0.1, 0.15) is 335 Å². The van der Waals surface area contributed by atoms with Gasteiger partial charge in [-0.05, 0) is 57.8 Å². The molecule has 0 saturated heterocycles. The van der Waals surface area contributed by atoms with Gasteiger partial charge in [0, 0.05) is 19.3 Å². The third kappa shape index (κ3) is 58.3. The van der Waals surface area contributed by atoms with Crippen LogP contribution >= 0.6 is 0 Å². The summed E-state index contributed by atoms with van der Waals surface area (Å²) in [5.74, 6) is -0.874. The second-order valence-electron chi connectivity index (χ2n) is 21.3. The predicted molar refractivity (Wildman–Crippen MR) is 312 cm³/mol. The molecule has 0 aliphatic rings. The second kappa shape index (κ2) is 60.9. The lowest BCUT2D eigenvalue weighted by molar-refractivity contribution is -0.167. The Morgan fingerprint density at radius 1 is 0.292 bits per heavy atom. The van der Waals surface area contributed by atoms with Crippen LogP contribution in [0.3, 0.4) is 0 Å². The minimum absolute atomic E-state index is 0.0728. The fourth-order valence-corrected chi connectivity index (χ4v) is 9.38. The Bertz CT molecular complexity index is 1250. The van der Waals surface area contributed by atoms with Gasteiger partial charge < -0.3 is 14.2 Å². The summed E-state index contributed by atoms with van der Waals surface area (Å²) in [7, 11) is 0. The number of carbonyl (C=O) groups excluding carboxylic acids is 3. The molecule has 0 heterocycles. The molecule has 6 nitrogen and oxygen atoms in total. The molecule has 0 saturated carbocycles. The van der Waals surface area contributed by atoms with Crippen LogP contribution < -0.4 is 0 Å². The molecule has 0 aromatic heterocycles. The topological polar surface area (TPSA) is 78.9 Å². The quantitative estimate of drug-likeness (QED) is 0.0261. The third-order valence-electron chi connectivity index (χ3n) is 14.1. The van der Waals surface area contributed by atoms with Crippen molar-refractivity contribution < 1.29 is 28.6 Å². The van der Waals surface area contributed by atoms with Gasteiger partial charge in [0.2, 0.25) is 0 Å². The van der Waals surface area contributed by atoms with Crippen LogP contribution in [0.15, 0.2) is 48.6 Å². The SMILES string of the molecule is CC/C=C\C/C=C\C/C=C\C/C=C\CCCCCCCCCCC(=O)OC(COC(=O)CCCCCCCC)COC(=O)CCCCCCCCCCCCCCCCCCCCCCCCCCCCC. The van der Waals surface area contributed by atoms with Gasteiger partial charge in [-0.2, -0.15) is 0 Å². The van der Waals surface area contributed by atoms with Gasteiger partial charge in [-0.15, -0.1) is 0 Å². The van der Waals surface area contributed by atoms with Crippen molar-refractivity contribution in [2.24, 2.45) is 0 Å². The van der Waals surface area contributed by atoms with E-state index in [0.717, 1.165) is 89.9 Å². The Hall–Kier alpha value is -2.63. The second-order valence-corrected chi connectivity index (χ2v) is 21.3. The molecule has 0 N–H and O–H groups in total. The van der Waals surface area contributed by atoms with E-state index in [1.807, 2.05) is 0 Å². The third-order valence-corrected chi connectivity index (χ3v) is 14.1. The van der Waals surface area contributed by atoms with Gasteiger partial charge in [0.1, 0.15) is 13.2 Å². The Labute approximate surface area is 448 Å². The normalized spacial score (nSPS) is 12.3. The Morgan fingerprint density at radius 2 is 0.542 bits per heavy atom. The number of hydrogen-bond acceptors (Lipinski definition) is 6. The fourth-order valence-electron chi connectivity index (χ4n) is 9.38. The highest BCUT2D eigenvalue weighted by Gasteiger charge is 2.19. The molecular formula is C66H120O6. The summed E-state index contributed by atoms with van der Waals surface area (Å²) in [6.45, 7) is 6.51. The number of ether oxygens (including phenoxy) is 3. The van der Waals surface area contributed by atoms with E-state index < -0.39 is 6.10 Å². The van der Waals surface area contributed by atoms with Crippen molar-refractivity contribution in [1.29, 1.82) is 0 Å². The molecule has 0 fully saturated rings. The first-order valence-corrected chi connectivity index (χ1v) is 31.6. The number of unbranched alkanes of at least 4 members (excludes halogenated alkanes) is 39. The van der Waals surface area contributed by atoms with Crippen LogP contribution in [0.2, 0.25) is 0 Å². The maximum absolute atomic E-state index is 12.8. The van der Waals surface area contributed by atoms with Crippen molar-refractivity contribution in [1.82, 2.24) is 0 Å². The fraction of sp³-hybridized carbons (Fsp3) is 0.833. The van der Waals surface area contributed by atoms with Gasteiger partial charge >= 0.3 is 17.9 Å². The molecule has 6 heteroatoms. The summed E-state index contributed by atoms with van der Waals surface area (Å²) < 4.78 is 16.8. The summed E-state index contributed by atoms with van der Waals surface area (Å²) in [6.07, 6.45) is 75.9. The molecule has 1 unspecified atom stereocenters. The predicted octanol–water partition coefficient (Wildman–Crippen LogP) is 21.4. The first-order valence-electron chi connectivity index (χ1n) is 31.6. The van der Waals surface area contributed by atoms with Crippen LogP contribution in [-0.4, -0.2) is 37.2 Å². The van der Waals surface area contributed by atoms with Crippen LogP contribution in [0.5, 0.6) is 0 Å². The summed E-state index contributed by atoms with van der Waals surface area (Å²) >= 11 is 0. The van der Waals surface area contributed by atoms with E-state index in [9.17, 15) is 14.4 Å². The van der Waals surface area contributed by atoms with Crippen LogP contribution in [0, 0.1) is 0 Å². The largest absolute Gasteiger partial charge is 0.462 e. The standard InChI is InChI=1S/C66H120O6/c1-4-7-10-13-16-18-20-22-24-26-28-30-31-32-33-34-35-37-38-40-42-44-46-48-50-53-56-59-65(68)71-62-63(61-70-64(67)58-55-52-15-12-9-6-3)72-66(69)60-57-54-51-49-47-45-43-41-39-36-29-27-25-23-21-19-17-14-11-8-5-2/h8,11,17,19,23,25,29,36,63H,4-7,9-10,12-16,18,20-22,24,26-28,30-35,37-62H2,1-3H3/b11-8-,19-17-,25-23-,36-29-. The van der Waals surface area contributed by atoms with Crippen molar-refractivity contribution in [2.45, 2.75) is 341 Å². The van der Waals surface area contributed by atoms with E-state index in [1.54, 1.807) is 0 Å². The Balaban J connectivity index is 4.04. The first kappa shape index (κ1) is 69.4. The van der Waals surface area contributed by atoms with E-state index in [2.05, 4.69) is 69.4 Å². The zero-order chi connectivity index (χ0) is 52.2. The van der Waals surface area contributed by atoms with Crippen molar-refractivity contribution >= 4 is 17.9 Å². The zero-order valence-electron chi connectivity index (χ0n) is 48.2. The summed E-state index contributed by atoms with van der Waals surface area (Å²) in [5, 5.41) is 0. The molecule has 72 heavy (non-hydrogen) atoms. The summed E-state index contributed by atoms with van der Waals surface area (Å²) in [5.41, 5.74) is 0. The molecule has 0 spiro atoms. The number of hydrogen-bond donors (Lipinski definition) is 0. The highest BCUT2D eigenvalue weighted by Crippen LogP contribution is 2.18. The van der Waals surface area contributed by atoms with Crippen molar-refractivity contribution in [3.63, 3.8) is 0 Å². The molecule has 1 atom stereocenters. The van der Waals surface area contributed by atoms with E-state index in [1.165, 1.54) is 205 Å². The van der Waals surface area contributed by atoms with Crippen LogP contribution in [-0.2, 0) is 28.6 Å². The summed E-state index contributed by atoms with van der Waals surface area (Å²) in [6, 6.07) is 0. The van der Waals surface area contributed by atoms with Crippen LogP contribution in [0.25, 0.3) is 0 Å². The minimum Gasteiger partial charge on any atom is -0.462 e. The lowest BCUT2D eigenvalue weighted by Gasteiger charge is -2.18. The average Bonchev–Trinajstić information content (AvgIpc) is 3.38. The van der Waals surface area contributed by atoms with E-state index >= 15 is 0 Å². The van der Waals surface area contributed by atoms with Crippen molar-refractivity contribution in [3.05, 3.63) is 48.6 Å². The lowest BCUT2D eigenvalue weighted by Crippen LogP contribution is -2.30. The van der Waals surface area contributed by atoms with Crippen LogP contribution in [0.4, 0.5) is 0 Å². The number of allylic oxidation sites excluding steroid dienone is 8. The molecule has 420 valence electrons. The van der Waals surface area contributed by atoms with Crippen molar-refractivity contribution in [3.8, 4) is 0 Å². The van der Waals surface area contributed by atoms with Gasteiger partial charge in [0.25, 0.3) is 0 Å². The highest BCUT2D eigenvalue weighted by atomic mass is 16.6. The maximum Gasteiger partial charge on any atom is 0.306 e. The van der Waals surface area contributed by atoms with Gasteiger partial charge in [0.15, 0.2) is 6.10 Å². The molecule has 0 rings (SSSR count). The molecule has 0 radical (unpaired) electrons. The van der Waals surface area contributed by atoms with Gasteiger partial charge in [-0.3, -0.25) is 14.4 Å². The number of carbonyl (C=O) groups is 3. The Kier molecular flexibility index (Phi) is 58.7. The van der Waals surface area contributed by atoms with Gasteiger partial charge in [0.05, 0.1) is 0 Å². The molecular weight excluding hydrogens is 889 g/mol. The van der Waals surface area contributed by atoms with Gasteiger partial charge in [-0.1, -0.05) is 307 Å². The summed E-state index contributed by atoms with van der Waals surface area (Å²) in [4.78, 5) is 38.0. The number of esters is 3. The number of rotatable bonds is 58. The van der Waals surface area contributed by atoms with Gasteiger partial charge in [-0.25, -0.2) is 0 Å². The van der Waals surface area contributed by atoms with Crippen molar-refractivity contribution in [2.75, 3.05) is 13.2 Å². The molecule has 0 bridgehead atoms. The lowest BCUT2D eigenvalue weighted by atomic mass is 10.0.